The molecule has 2 aliphatic heterocycles. The predicted molar refractivity (Wildman–Crippen MR) is 106 cm³/mol. The van der Waals surface area contributed by atoms with Crippen LogP contribution in [0, 0.1) is 6.92 Å². The maximum atomic E-state index is 12.5. The lowest BCUT2D eigenvalue weighted by atomic mass is 10.1. The van der Waals surface area contributed by atoms with Crippen molar-refractivity contribution in [3.05, 3.63) is 41.5 Å². The fraction of sp³-hybridized carbons (Fsp3) is 0.550. The number of nitrogens with zero attached hydrogens (tertiary/aromatic N) is 3. The molecule has 8 heteroatoms. The van der Waals surface area contributed by atoms with Crippen LogP contribution in [0.15, 0.2) is 24.3 Å². The van der Waals surface area contributed by atoms with E-state index in [1.165, 1.54) is 19.3 Å². The van der Waals surface area contributed by atoms with Crippen LogP contribution in [-0.4, -0.2) is 64.5 Å². The Morgan fingerprint density at radius 3 is 2.71 bits per heavy atom. The zero-order chi connectivity index (χ0) is 19.3. The number of carbonyl (C=O) groups excluding carboxylic acids is 1. The predicted octanol–water partition coefficient (Wildman–Crippen LogP) is 2.08. The number of piperidine rings is 1. The van der Waals surface area contributed by atoms with E-state index in [4.69, 9.17) is 4.74 Å². The minimum atomic E-state index is -0.185. The second-order valence-corrected chi connectivity index (χ2v) is 7.62. The Labute approximate surface area is 165 Å². The topological polar surface area (TPSA) is 95.2 Å². The summed E-state index contributed by atoms with van der Waals surface area (Å²) in [6.07, 6.45) is 4.42. The molecule has 2 aromatic rings. The summed E-state index contributed by atoms with van der Waals surface area (Å²) in [6.45, 7) is 5.34. The minimum absolute atomic E-state index is 0.0337. The number of ether oxygens (including phenoxy) is 1. The summed E-state index contributed by atoms with van der Waals surface area (Å²) in [7, 11) is 0. The molecule has 2 atom stereocenters. The van der Waals surface area contributed by atoms with Gasteiger partial charge in [-0.2, -0.15) is 5.10 Å². The van der Waals surface area contributed by atoms with Crippen LogP contribution in [0.1, 0.15) is 36.5 Å². The molecule has 3 heterocycles. The van der Waals surface area contributed by atoms with Crippen molar-refractivity contribution in [2.24, 2.45) is 0 Å². The van der Waals surface area contributed by atoms with E-state index in [2.05, 4.69) is 30.7 Å². The van der Waals surface area contributed by atoms with Gasteiger partial charge in [0.1, 0.15) is 5.82 Å². The highest BCUT2D eigenvalue weighted by Gasteiger charge is 2.34. The summed E-state index contributed by atoms with van der Waals surface area (Å²) in [5, 5.41) is 13.0. The number of aryl methyl sites for hydroxylation is 1. The first kappa shape index (κ1) is 18.9. The molecule has 28 heavy (non-hydrogen) atoms. The molecule has 2 unspecified atom stereocenters. The van der Waals surface area contributed by atoms with E-state index in [0.29, 0.717) is 19.6 Å². The molecule has 3 N–H and O–H groups in total. The highest BCUT2D eigenvalue weighted by atomic mass is 16.5. The zero-order valence-corrected chi connectivity index (χ0v) is 16.3. The molecule has 1 aromatic heterocycles. The number of aromatic nitrogens is 3. The van der Waals surface area contributed by atoms with Gasteiger partial charge in [-0.3, -0.25) is 10.00 Å². The maximum Gasteiger partial charge on any atom is 0.319 e. The van der Waals surface area contributed by atoms with E-state index < -0.39 is 0 Å². The van der Waals surface area contributed by atoms with Gasteiger partial charge in [0, 0.05) is 12.1 Å². The number of rotatable bonds is 5. The smallest absolute Gasteiger partial charge is 0.319 e. The first-order valence-electron chi connectivity index (χ1n) is 10.0. The van der Waals surface area contributed by atoms with Gasteiger partial charge in [-0.05, 0) is 50.6 Å². The number of amides is 2. The summed E-state index contributed by atoms with van der Waals surface area (Å²) in [4.78, 5) is 19.2. The van der Waals surface area contributed by atoms with E-state index in [0.717, 1.165) is 36.0 Å². The summed E-state index contributed by atoms with van der Waals surface area (Å²) in [5.74, 6) is 1.57. The molecule has 2 aliphatic rings. The molecule has 0 spiro atoms. The van der Waals surface area contributed by atoms with Crippen LogP contribution in [0.5, 0.6) is 0 Å². The third-order valence-corrected chi connectivity index (χ3v) is 5.44. The normalized spacial score (nSPS) is 22.9. The highest BCUT2D eigenvalue weighted by Crippen LogP contribution is 2.19. The molecular weight excluding hydrogens is 356 g/mol. The molecular formula is C20H28N6O2. The number of benzene rings is 1. The van der Waals surface area contributed by atoms with E-state index >= 15 is 0 Å². The van der Waals surface area contributed by atoms with Crippen molar-refractivity contribution < 1.29 is 9.53 Å². The number of hydrogen-bond acceptors (Lipinski definition) is 5. The SMILES string of the molecule is Cc1nc(Cc2ccc(NC(=O)NC3COCC3N3CCCCC3)cc2)n[nH]1. The number of aromatic amines is 1. The van der Waals surface area contributed by atoms with Gasteiger partial charge >= 0.3 is 6.03 Å². The van der Waals surface area contributed by atoms with Crippen molar-refractivity contribution >= 4 is 11.7 Å². The molecule has 0 bridgehead atoms. The van der Waals surface area contributed by atoms with Crippen molar-refractivity contribution in [3.8, 4) is 0 Å². The van der Waals surface area contributed by atoms with E-state index in [9.17, 15) is 4.79 Å². The summed E-state index contributed by atoms with van der Waals surface area (Å²) < 4.78 is 5.65. The van der Waals surface area contributed by atoms with Gasteiger partial charge < -0.3 is 15.4 Å². The average molecular weight is 384 g/mol. The van der Waals surface area contributed by atoms with E-state index in [1.54, 1.807) is 0 Å². The Bertz CT molecular complexity index is 784. The number of hydrogen-bond donors (Lipinski definition) is 3. The van der Waals surface area contributed by atoms with Gasteiger partial charge in [0.25, 0.3) is 0 Å². The van der Waals surface area contributed by atoms with Crippen LogP contribution in [-0.2, 0) is 11.2 Å². The van der Waals surface area contributed by atoms with Crippen LogP contribution < -0.4 is 10.6 Å². The number of H-pyrrole nitrogens is 1. The highest BCUT2D eigenvalue weighted by molar-refractivity contribution is 5.89. The molecule has 0 aliphatic carbocycles. The number of carbonyl (C=O) groups is 1. The van der Waals surface area contributed by atoms with Crippen LogP contribution in [0.2, 0.25) is 0 Å². The van der Waals surface area contributed by atoms with E-state index in [-0.39, 0.29) is 18.1 Å². The van der Waals surface area contributed by atoms with Gasteiger partial charge in [0.15, 0.2) is 5.82 Å². The van der Waals surface area contributed by atoms with E-state index in [1.807, 2.05) is 31.2 Å². The van der Waals surface area contributed by atoms with Gasteiger partial charge in [-0.1, -0.05) is 18.6 Å². The fourth-order valence-electron chi connectivity index (χ4n) is 3.98. The molecule has 2 amide bonds. The lowest BCUT2D eigenvalue weighted by molar-refractivity contribution is 0.125. The second-order valence-electron chi connectivity index (χ2n) is 7.62. The zero-order valence-electron chi connectivity index (χ0n) is 16.3. The van der Waals surface area contributed by atoms with Crippen molar-refractivity contribution in [2.75, 3.05) is 31.6 Å². The fourth-order valence-corrected chi connectivity index (χ4v) is 3.98. The summed E-state index contributed by atoms with van der Waals surface area (Å²) >= 11 is 0. The van der Waals surface area contributed by atoms with Crippen LogP contribution in [0.25, 0.3) is 0 Å². The third kappa shape index (κ3) is 4.69. The number of nitrogens with one attached hydrogen (secondary N) is 3. The van der Waals surface area contributed by atoms with Gasteiger partial charge in [0.2, 0.25) is 0 Å². The molecule has 4 rings (SSSR count). The Hall–Kier alpha value is -2.45. The lowest BCUT2D eigenvalue weighted by Gasteiger charge is -2.34. The molecule has 1 aromatic carbocycles. The Morgan fingerprint density at radius 2 is 2.00 bits per heavy atom. The summed E-state index contributed by atoms with van der Waals surface area (Å²) in [6, 6.07) is 7.90. The minimum Gasteiger partial charge on any atom is -0.378 e. The van der Waals surface area contributed by atoms with Crippen LogP contribution in [0.3, 0.4) is 0 Å². The van der Waals surface area contributed by atoms with Crippen molar-refractivity contribution in [1.82, 2.24) is 25.4 Å². The Morgan fingerprint density at radius 1 is 1.21 bits per heavy atom. The first-order chi connectivity index (χ1) is 13.7. The van der Waals surface area contributed by atoms with Crippen molar-refractivity contribution in [1.29, 1.82) is 0 Å². The monoisotopic (exact) mass is 384 g/mol. The average Bonchev–Trinajstić information content (AvgIpc) is 3.33. The summed E-state index contributed by atoms with van der Waals surface area (Å²) in [5.41, 5.74) is 1.86. The molecule has 150 valence electrons. The lowest BCUT2D eigenvalue weighted by Crippen LogP contribution is -2.53. The largest absolute Gasteiger partial charge is 0.378 e. The molecule has 2 saturated heterocycles. The van der Waals surface area contributed by atoms with Crippen LogP contribution in [0.4, 0.5) is 10.5 Å². The number of likely N-dealkylation sites (tertiary alicyclic amines) is 1. The standard InChI is InChI=1S/C20H28N6O2/c1-14-21-19(25-24-14)11-15-5-7-16(8-6-15)22-20(27)23-17-12-28-13-18(17)26-9-3-2-4-10-26/h5-8,17-18H,2-4,9-13H2,1H3,(H,21,24,25)(H2,22,23,27). The maximum absolute atomic E-state index is 12.5. The Balaban J connectivity index is 1.29. The molecule has 0 saturated carbocycles. The second kappa shape index (κ2) is 8.70. The van der Waals surface area contributed by atoms with Gasteiger partial charge in [0.05, 0.1) is 25.3 Å². The van der Waals surface area contributed by atoms with Crippen LogP contribution >= 0.6 is 0 Å². The third-order valence-electron chi connectivity index (χ3n) is 5.44. The molecule has 2 fully saturated rings. The molecule has 0 radical (unpaired) electrons. The van der Waals surface area contributed by atoms with Gasteiger partial charge in [-0.15, -0.1) is 0 Å². The first-order valence-corrected chi connectivity index (χ1v) is 10.0. The van der Waals surface area contributed by atoms with Crippen molar-refractivity contribution in [3.63, 3.8) is 0 Å². The number of anilines is 1. The Kier molecular flexibility index (Phi) is 5.87. The quantitative estimate of drug-likeness (QED) is 0.734. The number of urea groups is 1. The van der Waals surface area contributed by atoms with Gasteiger partial charge in [-0.25, -0.2) is 9.78 Å². The van der Waals surface area contributed by atoms with Crippen molar-refractivity contribution in [2.45, 2.75) is 44.7 Å². The molecule has 8 nitrogen and oxygen atoms in total.